The zero-order valence-electron chi connectivity index (χ0n) is 13.4. The van der Waals surface area contributed by atoms with Gasteiger partial charge in [0.05, 0.1) is 6.26 Å². The summed E-state index contributed by atoms with van der Waals surface area (Å²) in [7, 11) is -1.51. The molecule has 1 aromatic rings. The summed E-state index contributed by atoms with van der Waals surface area (Å²) in [4.78, 5) is 14.4. The van der Waals surface area contributed by atoms with Crippen LogP contribution < -0.4 is 4.72 Å². The molecule has 1 N–H and O–H groups in total. The van der Waals surface area contributed by atoms with E-state index in [0.717, 1.165) is 37.9 Å². The third-order valence-electron chi connectivity index (χ3n) is 4.27. The molecule has 0 spiro atoms. The Kier molecular flexibility index (Phi) is 5.11. The maximum Gasteiger partial charge on any atom is 0.253 e. The smallest absolute Gasteiger partial charge is 0.253 e. The Morgan fingerprint density at radius 3 is 2.45 bits per heavy atom. The molecule has 2 rings (SSSR count). The lowest BCUT2D eigenvalue weighted by molar-refractivity contribution is 0.0679. The summed E-state index contributed by atoms with van der Waals surface area (Å²) in [5, 5.41) is 0. The van der Waals surface area contributed by atoms with Crippen molar-refractivity contribution in [1.82, 2.24) is 4.90 Å². The number of hydrogen-bond acceptors (Lipinski definition) is 3. The van der Waals surface area contributed by atoms with Gasteiger partial charge in [0.2, 0.25) is 10.0 Å². The zero-order valence-corrected chi connectivity index (χ0v) is 14.2. The van der Waals surface area contributed by atoms with Crippen LogP contribution in [0.2, 0.25) is 0 Å². The molecule has 122 valence electrons. The van der Waals surface area contributed by atoms with Gasteiger partial charge in [0, 0.05) is 24.3 Å². The van der Waals surface area contributed by atoms with Gasteiger partial charge in [-0.2, -0.15) is 0 Å². The first-order chi connectivity index (χ1) is 10.3. The first-order valence-electron chi connectivity index (χ1n) is 7.61. The van der Waals surface area contributed by atoms with Gasteiger partial charge in [-0.1, -0.05) is 13.0 Å². The molecule has 22 heavy (non-hydrogen) atoms. The van der Waals surface area contributed by atoms with E-state index in [2.05, 4.69) is 11.6 Å². The molecule has 6 heteroatoms. The molecule has 0 aliphatic heterocycles. The first kappa shape index (κ1) is 16.8. The Labute approximate surface area is 132 Å². The van der Waals surface area contributed by atoms with E-state index in [-0.39, 0.29) is 11.9 Å². The molecular weight excluding hydrogens is 300 g/mol. The monoisotopic (exact) mass is 324 g/mol. The van der Waals surface area contributed by atoms with Gasteiger partial charge in [0.1, 0.15) is 0 Å². The highest BCUT2D eigenvalue weighted by atomic mass is 32.2. The molecule has 1 saturated carbocycles. The van der Waals surface area contributed by atoms with Crippen molar-refractivity contribution in [3.63, 3.8) is 0 Å². The van der Waals surface area contributed by atoms with E-state index in [1.807, 2.05) is 7.05 Å². The van der Waals surface area contributed by atoms with Gasteiger partial charge in [-0.15, -0.1) is 0 Å². The van der Waals surface area contributed by atoms with Gasteiger partial charge in [-0.05, 0) is 49.8 Å². The number of amides is 1. The second-order valence-corrected chi connectivity index (χ2v) is 8.03. The van der Waals surface area contributed by atoms with E-state index < -0.39 is 10.0 Å². The molecule has 1 fully saturated rings. The minimum absolute atomic E-state index is 0.0586. The molecule has 0 bridgehead atoms. The molecule has 0 heterocycles. The lowest BCUT2D eigenvalue weighted by Crippen LogP contribution is -2.39. The number of benzene rings is 1. The van der Waals surface area contributed by atoms with Crippen LogP contribution in [0.15, 0.2) is 24.3 Å². The highest BCUT2D eigenvalue weighted by molar-refractivity contribution is 7.92. The quantitative estimate of drug-likeness (QED) is 0.926. The van der Waals surface area contributed by atoms with Crippen LogP contribution >= 0.6 is 0 Å². The van der Waals surface area contributed by atoms with Crippen molar-refractivity contribution in [2.45, 2.75) is 38.6 Å². The predicted molar refractivity (Wildman–Crippen MR) is 88.4 cm³/mol. The molecule has 0 aromatic heterocycles. The van der Waals surface area contributed by atoms with Gasteiger partial charge in [0.15, 0.2) is 0 Å². The van der Waals surface area contributed by atoms with Crippen LogP contribution in [0, 0.1) is 5.92 Å². The summed E-state index contributed by atoms with van der Waals surface area (Å²) in [6.45, 7) is 2.25. The lowest BCUT2D eigenvalue weighted by Gasteiger charge is -2.33. The SMILES string of the molecule is CC1CCC(N(C)C(=O)c2cccc(NS(C)(=O)=O)c2)CC1. The molecule has 0 saturated heterocycles. The molecule has 0 atom stereocenters. The van der Waals surface area contributed by atoms with E-state index in [1.165, 1.54) is 0 Å². The summed E-state index contributed by atoms with van der Waals surface area (Å²) in [6.07, 6.45) is 5.46. The van der Waals surface area contributed by atoms with Crippen molar-refractivity contribution in [1.29, 1.82) is 0 Å². The summed E-state index contributed by atoms with van der Waals surface area (Å²) in [5.41, 5.74) is 0.925. The van der Waals surface area contributed by atoms with Crippen molar-refractivity contribution < 1.29 is 13.2 Å². The van der Waals surface area contributed by atoms with Crippen molar-refractivity contribution in [3.8, 4) is 0 Å². The molecule has 1 aliphatic rings. The Balaban J connectivity index is 2.10. The van der Waals surface area contributed by atoms with Crippen LogP contribution in [0.4, 0.5) is 5.69 Å². The summed E-state index contributed by atoms with van der Waals surface area (Å²) >= 11 is 0. The molecule has 1 aliphatic carbocycles. The van der Waals surface area contributed by atoms with Gasteiger partial charge in [-0.3, -0.25) is 9.52 Å². The average molecular weight is 324 g/mol. The summed E-state index contributed by atoms with van der Waals surface area (Å²) in [6, 6.07) is 6.91. The highest BCUT2D eigenvalue weighted by Gasteiger charge is 2.25. The molecule has 0 radical (unpaired) electrons. The van der Waals surface area contributed by atoms with E-state index >= 15 is 0 Å². The molecule has 1 aromatic carbocycles. The second kappa shape index (κ2) is 6.69. The number of carbonyl (C=O) groups is 1. The number of hydrogen-bond donors (Lipinski definition) is 1. The van der Waals surface area contributed by atoms with Crippen molar-refractivity contribution in [3.05, 3.63) is 29.8 Å². The second-order valence-electron chi connectivity index (χ2n) is 6.28. The summed E-state index contributed by atoms with van der Waals surface area (Å²) < 4.78 is 25.0. The Hall–Kier alpha value is -1.56. The fraction of sp³-hybridized carbons (Fsp3) is 0.562. The van der Waals surface area contributed by atoms with E-state index in [1.54, 1.807) is 29.2 Å². The van der Waals surface area contributed by atoms with Crippen LogP contribution in [0.25, 0.3) is 0 Å². The molecule has 5 nitrogen and oxygen atoms in total. The topological polar surface area (TPSA) is 66.5 Å². The number of nitrogens with zero attached hydrogens (tertiary/aromatic N) is 1. The highest BCUT2D eigenvalue weighted by Crippen LogP contribution is 2.27. The fourth-order valence-electron chi connectivity index (χ4n) is 2.93. The van der Waals surface area contributed by atoms with Gasteiger partial charge in [0.25, 0.3) is 5.91 Å². The third kappa shape index (κ3) is 4.47. The summed E-state index contributed by atoms with van der Waals surface area (Å²) in [5.74, 6) is 0.679. The normalized spacial score (nSPS) is 22.1. The predicted octanol–water partition coefficient (Wildman–Crippen LogP) is 2.71. The van der Waals surface area contributed by atoms with Crippen LogP contribution in [-0.4, -0.2) is 38.6 Å². The van der Waals surface area contributed by atoms with E-state index in [0.29, 0.717) is 11.3 Å². The Morgan fingerprint density at radius 2 is 1.86 bits per heavy atom. The Morgan fingerprint density at radius 1 is 1.23 bits per heavy atom. The number of nitrogens with one attached hydrogen (secondary N) is 1. The maximum absolute atomic E-state index is 12.6. The van der Waals surface area contributed by atoms with E-state index in [9.17, 15) is 13.2 Å². The van der Waals surface area contributed by atoms with Gasteiger partial charge < -0.3 is 4.90 Å². The Bertz CT molecular complexity index is 635. The maximum atomic E-state index is 12.6. The minimum Gasteiger partial charge on any atom is -0.339 e. The standard InChI is InChI=1S/C16H24N2O3S/c1-12-7-9-15(10-8-12)18(2)16(19)13-5-4-6-14(11-13)17-22(3,20)21/h4-6,11-12,15,17H,7-10H2,1-3H3. The fourth-order valence-corrected chi connectivity index (χ4v) is 3.48. The van der Waals surface area contributed by atoms with Crippen LogP contribution in [-0.2, 0) is 10.0 Å². The van der Waals surface area contributed by atoms with Gasteiger partial charge >= 0.3 is 0 Å². The first-order valence-corrected chi connectivity index (χ1v) is 9.50. The number of carbonyl (C=O) groups excluding carboxylic acids is 1. The van der Waals surface area contributed by atoms with Crippen molar-refractivity contribution >= 4 is 21.6 Å². The number of rotatable bonds is 4. The lowest BCUT2D eigenvalue weighted by atomic mass is 9.86. The molecule has 0 unspecified atom stereocenters. The third-order valence-corrected chi connectivity index (χ3v) is 4.87. The number of anilines is 1. The van der Waals surface area contributed by atoms with Crippen LogP contribution in [0.5, 0.6) is 0 Å². The molecular formula is C16H24N2O3S. The van der Waals surface area contributed by atoms with Crippen LogP contribution in [0.3, 0.4) is 0 Å². The van der Waals surface area contributed by atoms with Crippen molar-refractivity contribution in [2.75, 3.05) is 18.0 Å². The average Bonchev–Trinajstić information content (AvgIpc) is 2.45. The van der Waals surface area contributed by atoms with Gasteiger partial charge in [-0.25, -0.2) is 8.42 Å². The van der Waals surface area contributed by atoms with Crippen LogP contribution in [0.1, 0.15) is 43.0 Å². The number of sulfonamides is 1. The molecule has 1 amide bonds. The minimum atomic E-state index is -3.34. The van der Waals surface area contributed by atoms with E-state index in [4.69, 9.17) is 0 Å². The zero-order chi connectivity index (χ0) is 16.3. The van der Waals surface area contributed by atoms with Crippen molar-refractivity contribution in [2.24, 2.45) is 5.92 Å². The largest absolute Gasteiger partial charge is 0.339 e.